The minimum atomic E-state index is -4.71. The monoisotopic (exact) mass is 515 g/mol. The molecular weight excluding hydrogens is 489 g/mol. The second kappa shape index (κ2) is 10.3. The van der Waals surface area contributed by atoms with E-state index in [0.29, 0.717) is 5.56 Å². The van der Waals surface area contributed by atoms with E-state index in [-0.39, 0.29) is 29.8 Å². The molecule has 0 unspecified atom stereocenters. The van der Waals surface area contributed by atoms with Crippen LogP contribution in [0.5, 0.6) is 0 Å². The molecule has 0 aliphatic carbocycles. The van der Waals surface area contributed by atoms with Crippen LogP contribution in [0.3, 0.4) is 0 Å². The molecule has 0 bridgehead atoms. The number of alkyl halides is 5. The summed E-state index contributed by atoms with van der Waals surface area (Å²) < 4.78 is 71.4. The van der Waals surface area contributed by atoms with Gasteiger partial charge in [-0.3, -0.25) is 14.7 Å². The molecule has 0 aromatic carbocycles. The molecule has 196 valence electrons. The van der Waals surface area contributed by atoms with Crippen molar-refractivity contribution in [3.05, 3.63) is 41.6 Å². The third-order valence-electron chi connectivity index (χ3n) is 5.53. The number of ether oxygens (including phenoxy) is 1. The van der Waals surface area contributed by atoms with Crippen molar-refractivity contribution in [3.8, 4) is 11.3 Å². The normalized spacial score (nSPS) is 20.4. The zero-order chi connectivity index (χ0) is 26.8. The molecule has 1 saturated heterocycles. The van der Waals surface area contributed by atoms with Crippen molar-refractivity contribution in [3.63, 3.8) is 0 Å². The number of carbonyl (C=O) groups excluding carboxylic acids is 2. The van der Waals surface area contributed by atoms with Crippen LogP contribution in [0.2, 0.25) is 0 Å². The van der Waals surface area contributed by atoms with E-state index in [0.717, 1.165) is 17.3 Å². The van der Waals surface area contributed by atoms with Crippen molar-refractivity contribution in [1.82, 2.24) is 25.2 Å². The minimum Gasteiger partial charge on any atom is -0.444 e. The lowest BCUT2D eigenvalue weighted by Gasteiger charge is -2.30. The van der Waals surface area contributed by atoms with Gasteiger partial charge in [-0.25, -0.2) is 23.5 Å². The predicted octanol–water partition coefficient (Wildman–Crippen LogP) is 4.38. The average Bonchev–Trinajstić information content (AvgIpc) is 3.10. The fourth-order valence-electron chi connectivity index (χ4n) is 3.70. The zero-order valence-electron chi connectivity index (χ0n) is 20.1. The van der Waals surface area contributed by atoms with Gasteiger partial charge in [0.25, 0.3) is 0 Å². The van der Waals surface area contributed by atoms with Gasteiger partial charge in [-0.05, 0) is 39.3 Å². The Labute approximate surface area is 204 Å². The van der Waals surface area contributed by atoms with E-state index in [1.807, 2.05) is 0 Å². The second-order valence-electron chi connectivity index (χ2n) is 9.38. The second-order valence-corrected chi connectivity index (χ2v) is 9.38. The Morgan fingerprint density at radius 1 is 1.11 bits per heavy atom. The number of carbonyl (C=O) groups is 2. The van der Waals surface area contributed by atoms with Crippen molar-refractivity contribution in [1.29, 1.82) is 0 Å². The summed E-state index contributed by atoms with van der Waals surface area (Å²) >= 11 is 0. The molecule has 1 aliphatic heterocycles. The molecule has 36 heavy (non-hydrogen) atoms. The SMILES string of the molecule is C[C@H]1[C@H](F)C[C@@H](C(=O)NCc2cc(-c3cnc(C(F)(F)F)nc3)ncc2CF)N1C(=O)OC(C)(C)C. The number of rotatable bonds is 5. The first-order chi connectivity index (χ1) is 16.7. The molecule has 2 aromatic rings. The maximum Gasteiger partial charge on any atom is 0.451 e. The molecule has 8 nitrogen and oxygen atoms in total. The highest BCUT2D eigenvalue weighted by Gasteiger charge is 2.46. The first-order valence-corrected chi connectivity index (χ1v) is 11.1. The smallest absolute Gasteiger partial charge is 0.444 e. The molecule has 2 amide bonds. The molecule has 1 fully saturated rings. The number of amides is 2. The number of likely N-dealkylation sites (tertiary alicyclic amines) is 1. The fourth-order valence-corrected chi connectivity index (χ4v) is 3.70. The number of pyridine rings is 1. The Morgan fingerprint density at radius 2 is 1.75 bits per heavy atom. The van der Waals surface area contributed by atoms with Gasteiger partial charge in [-0.15, -0.1) is 0 Å². The first kappa shape index (κ1) is 27.2. The minimum absolute atomic E-state index is 0.138. The third kappa shape index (κ3) is 6.24. The summed E-state index contributed by atoms with van der Waals surface area (Å²) in [7, 11) is 0. The predicted molar refractivity (Wildman–Crippen MR) is 118 cm³/mol. The van der Waals surface area contributed by atoms with Crippen LogP contribution < -0.4 is 5.32 Å². The van der Waals surface area contributed by atoms with Gasteiger partial charge in [-0.2, -0.15) is 13.2 Å². The molecule has 3 rings (SSSR count). The quantitative estimate of drug-likeness (QED) is 0.594. The van der Waals surface area contributed by atoms with Crippen LogP contribution >= 0.6 is 0 Å². The van der Waals surface area contributed by atoms with Gasteiger partial charge in [0.1, 0.15) is 24.5 Å². The highest BCUT2D eigenvalue weighted by Crippen LogP contribution is 2.30. The largest absolute Gasteiger partial charge is 0.451 e. The molecule has 1 N–H and O–H groups in total. The molecule has 0 spiro atoms. The first-order valence-electron chi connectivity index (χ1n) is 11.1. The van der Waals surface area contributed by atoms with Gasteiger partial charge >= 0.3 is 12.3 Å². The molecule has 2 aromatic heterocycles. The lowest BCUT2D eigenvalue weighted by atomic mass is 10.1. The summed E-state index contributed by atoms with van der Waals surface area (Å²) in [5, 5.41) is 2.58. The van der Waals surface area contributed by atoms with Crippen LogP contribution in [0, 0.1) is 0 Å². The van der Waals surface area contributed by atoms with Gasteiger partial charge in [0, 0.05) is 42.7 Å². The van der Waals surface area contributed by atoms with E-state index < -0.39 is 54.5 Å². The number of nitrogens with one attached hydrogen (secondary N) is 1. The molecule has 3 heterocycles. The maximum absolute atomic E-state index is 14.4. The molecule has 1 aliphatic rings. The van der Waals surface area contributed by atoms with E-state index >= 15 is 0 Å². The van der Waals surface area contributed by atoms with E-state index in [9.17, 15) is 31.5 Å². The number of halogens is 5. The molecule has 0 radical (unpaired) electrons. The van der Waals surface area contributed by atoms with Crippen LogP contribution in [0.1, 0.15) is 51.1 Å². The van der Waals surface area contributed by atoms with E-state index in [1.54, 1.807) is 20.8 Å². The summed E-state index contributed by atoms with van der Waals surface area (Å²) in [6.45, 7) is 5.31. The lowest BCUT2D eigenvalue weighted by molar-refractivity contribution is -0.145. The Kier molecular flexibility index (Phi) is 7.79. The third-order valence-corrected chi connectivity index (χ3v) is 5.53. The molecular formula is C23H26F5N5O3. The molecule has 3 atom stereocenters. The number of nitrogens with zero attached hydrogens (tertiary/aromatic N) is 4. The Balaban J connectivity index is 1.77. The summed E-state index contributed by atoms with van der Waals surface area (Å²) in [5.41, 5.74) is -0.0974. The summed E-state index contributed by atoms with van der Waals surface area (Å²) in [5.74, 6) is -1.97. The van der Waals surface area contributed by atoms with Gasteiger partial charge < -0.3 is 10.1 Å². The standard InChI is InChI=1S/C23H26F5N5O3/c1-12-16(25)6-18(33(12)21(35)36-22(2,3)4)19(34)30-8-13-5-17(29-9-14(13)7-24)15-10-31-20(32-11-15)23(26,27)28/h5,9-12,16,18H,6-8H2,1-4H3,(H,30,34)/t12-,16+,18-/m0/s1. The average molecular weight is 515 g/mol. The number of hydrogen-bond donors (Lipinski definition) is 1. The van der Waals surface area contributed by atoms with E-state index in [2.05, 4.69) is 20.3 Å². The Hall–Kier alpha value is -3.38. The van der Waals surface area contributed by atoms with Crippen LogP contribution in [0.4, 0.5) is 26.7 Å². The van der Waals surface area contributed by atoms with Crippen molar-refractivity contribution in [2.24, 2.45) is 0 Å². The Bertz CT molecular complexity index is 1100. The topological polar surface area (TPSA) is 97.3 Å². The van der Waals surface area contributed by atoms with E-state index in [4.69, 9.17) is 4.74 Å². The lowest BCUT2D eigenvalue weighted by Crippen LogP contribution is -2.50. The summed E-state index contributed by atoms with van der Waals surface area (Å²) in [6, 6.07) is -0.630. The van der Waals surface area contributed by atoms with Gasteiger partial charge in [0.2, 0.25) is 11.7 Å². The van der Waals surface area contributed by atoms with Gasteiger partial charge in [0.05, 0.1) is 11.7 Å². The van der Waals surface area contributed by atoms with Crippen LogP contribution in [0.25, 0.3) is 11.3 Å². The molecule has 0 saturated carbocycles. The highest BCUT2D eigenvalue weighted by atomic mass is 19.4. The van der Waals surface area contributed by atoms with Crippen LogP contribution in [0.15, 0.2) is 24.7 Å². The number of hydrogen-bond acceptors (Lipinski definition) is 6. The van der Waals surface area contributed by atoms with Gasteiger partial charge in [-0.1, -0.05) is 0 Å². The Morgan fingerprint density at radius 3 is 2.31 bits per heavy atom. The summed E-state index contributed by atoms with van der Waals surface area (Å²) in [6.07, 6.45) is -4.13. The van der Waals surface area contributed by atoms with Gasteiger partial charge in [0.15, 0.2) is 0 Å². The molecule has 13 heteroatoms. The fraction of sp³-hybridized carbons (Fsp3) is 0.522. The van der Waals surface area contributed by atoms with Crippen LogP contribution in [-0.4, -0.2) is 55.7 Å². The highest BCUT2D eigenvalue weighted by molar-refractivity contribution is 5.86. The van der Waals surface area contributed by atoms with Crippen LogP contribution in [-0.2, 0) is 28.9 Å². The zero-order valence-corrected chi connectivity index (χ0v) is 20.1. The van der Waals surface area contributed by atoms with Crippen molar-refractivity contribution < 1.29 is 36.3 Å². The van der Waals surface area contributed by atoms with Crippen molar-refractivity contribution in [2.45, 2.75) is 77.4 Å². The maximum atomic E-state index is 14.4. The van der Waals surface area contributed by atoms with E-state index in [1.165, 1.54) is 19.2 Å². The van der Waals surface area contributed by atoms with Crippen molar-refractivity contribution >= 4 is 12.0 Å². The van der Waals surface area contributed by atoms with Crippen molar-refractivity contribution in [2.75, 3.05) is 0 Å². The number of aromatic nitrogens is 3. The summed E-state index contributed by atoms with van der Waals surface area (Å²) in [4.78, 5) is 37.2.